The van der Waals surface area contributed by atoms with Crippen LogP contribution in [0.5, 0.6) is 11.5 Å². The number of Topliss-reactive ketones (excluding diaryl/α,β-unsaturated/α-hetero) is 1. The molecule has 4 rings (SSSR count). The predicted octanol–water partition coefficient (Wildman–Crippen LogP) is 9.81. The summed E-state index contributed by atoms with van der Waals surface area (Å²) in [6.45, 7) is 0. The Morgan fingerprint density at radius 3 is 1.49 bits per heavy atom. The second-order valence-corrected chi connectivity index (χ2v) is 12.1. The van der Waals surface area contributed by atoms with E-state index < -0.39 is 0 Å². The monoisotopic (exact) mass is 828 g/mol. The van der Waals surface area contributed by atoms with Gasteiger partial charge >= 0.3 is 0 Å². The number of phenolic OH excluding ortho intramolecular Hbond substituents is 2. The van der Waals surface area contributed by atoms with Gasteiger partial charge in [0.2, 0.25) is 0 Å². The van der Waals surface area contributed by atoms with Crippen molar-refractivity contribution in [3.05, 3.63) is 122 Å². The molecule has 0 unspecified atom stereocenters. The molecule has 0 amide bonds. The summed E-state index contributed by atoms with van der Waals surface area (Å²) < 4.78 is 2.00. The number of carbonyl (C=O) groups excluding carboxylic acids is 1. The maximum atomic E-state index is 12.2. The van der Waals surface area contributed by atoms with Crippen LogP contribution in [0.4, 0.5) is 0 Å². The molecule has 0 aliphatic rings. The number of rotatable bonds is 6. The Kier molecular flexibility index (Phi) is 13.3. The number of ketones is 1. The molecule has 6 N–H and O–H groups in total. The van der Waals surface area contributed by atoms with Crippen molar-refractivity contribution in [3.63, 3.8) is 0 Å². The molecule has 4 aromatic rings. The van der Waals surface area contributed by atoms with E-state index in [2.05, 4.69) is 45.2 Å². The lowest BCUT2D eigenvalue weighted by Gasteiger charge is -2.09. The number of aromatic hydroxyl groups is 2. The maximum Gasteiger partial charge on any atom is 0.170 e. The number of hydrogen-bond acceptors (Lipinski definition) is 5. The van der Waals surface area contributed by atoms with Crippen molar-refractivity contribution in [2.24, 2.45) is 0 Å². The highest BCUT2D eigenvalue weighted by molar-refractivity contribution is 14.1. The number of halogens is 6. The first-order valence-electron chi connectivity index (χ1n) is 10.9. The number of hydrogen-bond donors (Lipinski definition) is 4. The quantitative estimate of drug-likeness (QED) is 0.0880. The Bertz CT molecular complexity index is 1400. The first-order chi connectivity index (χ1) is 17.9. The zero-order chi connectivity index (χ0) is 28.0. The van der Waals surface area contributed by atoms with Gasteiger partial charge in [-0.25, -0.2) is 0 Å². The average molecular weight is 830 g/mol. The van der Waals surface area contributed by atoms with Gasteiger partial charge in [0.15, 0.2) is 5.78 Å². The van der Waals surface area contributed by atoms with Gasteiger partial charge in [0.25, 0.3) is 0 Å². The minimum atomic E-state index is -0.172. The topological polar surface area (TPSA) is 116 Å². The van der Waals surface area contributed by atoms with Crippen molar-refractivity contribution < 1.29 is 15.0 Å². The highest BCUT2D eigenvalue weighted by Crippen LogP contribution is 2.27. The molecule has 0 saturated heterocycles. The van der Waals surface area contributed by atoms with E-state index in [1.54, 1.807) is 30.3 Å². The predicted molar refractivity (Wildman–Crippen MR) is 178 cm³/mol. The molecule has 0 atom stereocenters. The molecular weight excluding hydrogens is 808 g/mol. The molecule has 204 valence electrons. The summed E-state index contributed by atoms with van der Waals surface area (Å²) in [7, 11) is 0. The molecule has 11 heteroatoms. The standard InChI is InChI=1S/C14H10Cl2INO.C14H9Cl2IO2.H3N/c2*15-9-2-4-12(17)8(5-9)6-13(18)11-3-1-10(16)7-14(11)19;/h1-5,7,18-19H,6H2;1-5,7,19H,6H2;1H3. The van der Waals surface area contributed by atoms with Gasteiger partial charge in [-0.3, -0.25) is 4.79 Å². The van der Waals surface area contributed by atoms with Crippen molar-refractivity contribution in [2.75, 3.05) is 0 Å². The van der Waals surface area contributed by atoms with Gasteiger partial charge in [-0.2, -0.15) is 0 Å². The summed E-state index contributed by atoms with van der Waals surface area (Å²) in [5, 5.41) is 29.7. The largest absolute Gasteiger partial charge is 0.507 e. The molecule has 5 nitrogen and oxygen atoms in total. The van der Waals surface area contributed by atoms with Crippen molar-refractivity contribution in [1.29, 1.82) is 5.41 Å². The Hall–Kier alpha value is -1.60. The van der Waals surface area contributed by atoms with Gasteiger partial charge in [0.05, 0.1) is 5.56 Å². The zero-order valence-corrected chi connectivity index (χ0v) is 27.5. The number of carbonyl (C=O) groups is 1. The number of phenols is 2. The van der Waals surface area contributed by atoms with E-state index in [0.717, 1.165) is 18.3 Å². The van der Waals surface area contributed by atoms with Gasteiger partial charge < -0.3 is 21.8 Å². The van der Waals surface area contributed by atoms with E-state index in [1.807, 2.05) is 24.3 Å². The van der Waals surface area contributed by atoms with E-state index >= 15 is 0 Å². The van der Waals surface area contributed by atoms with Gasteiger partial charge in [-0.1, -0.05) is 46.4 Å². The molecule has 0 saturated carbocycles. The summed E-state index contributed by atoms with van der Waals surface area (Å²) in [4.78, 5) is 12.2. The summed E-state index contributed by atoms with van der Waals surface area (Å²) in [6, 6.07) is 20.2. The first kappa shape index (κ1) is 33.6. The second-order valence-electron chi connectivity index (χ2n) is 8.05. The Labute approximate surface area is 273 Å². The normalized spacial score (nSPS) is 10.2. The summed E-state index contributed by atoms with van der Waals surface area (Å²) >= 11 is 27.7. The SMILES string of the molecule is N.N=C(Cc1cc(Cl)ccc1I)c1ccc(Cl)cc1O.O=C(Cc1cc(Cl)ccc1I)c1ccc(Cl)cc1O. The smallest absolute Gasteiger partial charge is 0.170 e. The highest BCUT2D eigenvalue weighted by atomic mass is 127. The number of benzene rings is 4. The van der Waals surface area contributed by atoms with E-state index in [1.165, 1.54) is 18.2 Å². The summed E-state index contributed by atoms with van der Waals surface area (Å²) in [5.74, 6) is -0.251. The molecule has 39 heavy (non-hydrogen) atoms. The molecule has 4 aromatic carbocycles. The Morgan fingerprint density at radius 2 is 1.03 bits per heavy atom. The minimum absolute atomic E-state index is 0. The van der Waals surface area contributed by atoms with Crippen LogP contribution < -0.4 is 6.15 Å². The van der Waals surface area contributed by atoms with Crippen molar-refractivity contribution in [3.8, 4) is 11.5 Å². The van der Waals surface area contributed by atoms with E-state index in [4.69, 9.17) is 51.8 Å². The van der Waals surface area contributed by atoms with Crippen molar-refractivity contribution in [2.45, 2.75) is 12.8 Å². The van der Waals surface area contributed by atoms with Gasteiger partial charge in [0, 0.05) is 51.3 Å². The van der Waals surface area contributed by atoms with Gasteiger partial charge in [-0.05, 0) is 129 Å². The lowest BCUT2D eigenvalue weighted by atomic mass is 10.0. The zero-order valence-electron chi connectivity index (χ0n) is 20.1. The third-order valence-electron chi connectivity index (χ3n) is 5.28. The summed E-state index contributed by atoms with van der Waals surface area (Å²) in [6.07, 6.45) is 0.599. The van der Waals surface area contributed by atoms with Crippen LogP contribution in [0.1, 0.15) is 27.0 Å². The molecular formula is C28H22Cl4I2N2O3. The maximum absolute atomic E-state index is 12.2. The number of nitrogens with one attached hydrogen (secondary N) is 1. The highest BCUT2D eigenvalue weighted by Gasteiger charge is 2.14. The fraction of sp³-hybridized carbons (Fsp3) is 0.0714. The van der Waals surface area contributed by atoms with Gasteiger partial charge in [0.1, 0.15) is 11.5 Å². The molecule has 0 bridgehead atoms. The third kappa shape index (κ3) is 9.77. The average Bonchev–Trinajstić information content (AvgIpc) is 2.84. The molecule has 0 aliphatic carbocycles. The fourth-order valence-corrected chi connectivity index (χ4v) is 5.19. The third-order valence-corrected chi connectivity index (χ3v) is 8.32. The Morgan fingerprint density at radius 1 is 0.641 bits per heavy atom. The van der Waals surface area contributed by atoms with Crippen LogP contribution in [0, 0.1) is 12.5 Å². The van der Waals surface area contributed by atoms with Crippen LogP contribution in [0.3, 0.4) is 0 Å². The molecule has 0 aliphatic heterocycles. The van der Waals surface area contributed by atoms with Crippen LogP contribution >= 0.6 is 91.6 Å². The molecule has 0 fully saturated rings. The first-order valence-corrected chi connectivity index (χ1v) is 14.6. The lowest BCUT2D eigenvalue weighted by Crippen LogP contribution is -2.05. The van der Waals surface area contributed by atoms with E-state index in [9.17, 15) is 15.0 Å². The molecule has 0 spiro atoms. The van der Waals surface area contributed by atoms with Crippen LogP contribution in [0.2, 0.25) is 20.1 Å². The molecule has 0 aromatic heterocycles. The van der Waals surface area contributed by atoms with Crippen molar-refractivity contribution in [1.82, 2.24) is 6.15 Å². The Balaban J connectivity index is 0.000000267. The van der Waals surface area contributed by atoms with Crippen LogP contribution in [-0.2, 0) is 12.8 Å². The van der Waals surface area contributed by atoms with E-state index in [-0.39, 0.29) is 35.4 Å². The lowest BCUT2D eigenvalue weighted by molar-refractivity contribution is 0.0990. The fourth-order valence-electron chi connectivity index (χ4n) is 3.41. The molecule has 0 radical (unpaired) electrons. The second kappa shape index (κ2) is 15.4. The van der Waals surface area contributed by atoms with Crippen LogP contribution in [0.15, 0.2) is 72.8 Å². The summed E-state index contributed by atoms with van der Waals surface area (Å²) in [5.41, 5.74) is 2.88. The van der Waals surface area contributed by atoms with Gasteiger partial charge in [-0.15, -0.1) is 0 Å². The van der Waals surface area contributed by atoms with Crippen LogP contribution in [-0.4, -0.2) is 21.7 Å². The van der Waals surface area contributed by atoms with E-state index in [0.29, 0.717) is 37.8 Å². The minimum Gasteiger partial charge on any atom is -0.507 e. The van der Waals surface area contributed by atoms with Crippen molar-refractivity contribution >= 4 is 103 Å². The molecule has 0 heterocycles. The van der Waals surface area contributed by atoms with Crippen LogP contribution in [0.25, 0.3) is 0 Å².